The van der Waals surface area contributed by atoms with E-state index in [9.17, 15) is 14.4 Å². The second-order valence-electron chi connectivity index (χ2n) is 7.18. The first kappa shape index (κ1) is 20.6. The van der Waals surface area contributed by atoms with E-state index >= 15 is 0 Å². The molecule has 0 aliphatic rings. The van der Waals surface area contributed by atoms with Gasteiger partial charge in [0.15, 0.2) is 6.61 Å². The van der Waals surface area contributed by atoms with Gasteiger partial charge in [-0.05, 0) is 34.4 Å². The summed E-state index contributed by atoms with van der Waals surface area (Å²) in [7, 11) is 0. The largest absolute Gasteiger partial charge is 0.456 e. The van der Waals surface area contributed by atoms with Crippen molar-refractivity contribution in [1.82, 2.24) is 0 Å². The Kier molecular flexibility index (Phi) is 6.74. The number of primary amides is 1. The van der Waals surface area contributed by atoms with Gasteiger partial charge in [-0.2, -0.15) is 0 Å². The number of anilines is 1. The second kappa shape index (κ2) is 8.81. The van der Waals surface area contributed by atoms with Crippen LogP contribution in [0.4, 0.5) is 5.00 Å². The van der Waals surface area contributed by atoms with Gasteiger partial charge in [-0.15, -0.1) is 11.3 Å². The van der Waals surface area contributed by atoms with Gasteiger partial charge in [0.05, 0.1) is 5.56 Å². The van der Waals surface area contributed by atoms with E-state index in [1.165, 1.54) is 23.0 Å². The Balaban J connectivity index is 1.76. The van der Waals surface area contributed by atoms with Crippen LogP contribution >= 0.6 is 11.3 Å². The summed E-state index contributed by atoms with van der Waals surface area (Å²) in [5.41, 5.74) is 7.80. The lowest BCUT2D eigenvalue weighted by Crippen LogP contribution is -2.22. The number of aryl methyl sites for hydroxylation is 1. The Hall–Kier alpha value is -2.67. The maximum Gasteiger partial charge on any atom is 0.306 e. The van der Waals surface area contributed by atoms with Crippen molar-refractivity contribution in [2.24, 2.45) is 5.73 Å². The summed E-state index contributed by atoms with van der Waals surface area (Å²) in [5, 5.41) is 4.52. The number of benzene rings is 1. The fraction of sp³-hybridized carbons (Fsp3) is 0.350. The van der Waals surface area contributed by atoms with Crippen LogP contribution in [0, 0.1) is 0 Å². The van der Waals surface area contributed by atoms with Crippen molar-refractivity contribution in [2.75, 3.05) is 11.9 Å². The number of rotatable bonds is 7. The predicted molar refractivity (Wildman–Crippen MR) is 106 cm³/mol. The first-order chi connectivity index (χ1) is 12.7. The lowest BCUT2D eigenvalue weighted by atomic mass is 9.86. The predicted octanol–water partition coefficient (Wildman–Crippen LogP) is 3.26. The minimum atomic E-state index is -0.624. The number of nitrogens with two attached hydrogens (primary N) is 1. The Bertz CT molecular complexity index is 819. The van der Waals surface area contributed by atoms with Crippen molar-refractivity contribution in [3.63, 3.8) is 0 Å². The summed E-state index contributed by atoms with van der Waals surface area (Å²) >= 11 is 1.18. The highest BCUT2D eigenvalue weighted by Gasteiger charge is 2.15. The molecule has 2 rings (SSSR count). The van der Waals surface area contributed by atoms with Crippen molar-refractivity contribution in [2.45, 2.75) is 39.0 Å². The number of ether oxygens (including phenoxy) is 1. The van der Waals surface area contributed by atoms with E-state index in [0.717, 1.165) is 5.56 Å². The molecule has 1 heterocycles. The molecule has 144 valence electrons. The Labute approximate surface area is 162 Å². The van der Waals surface area contributed by atoms with Gasteiger partial charge in [0.25, 0.3) is 11.8 Å². The van der Waals surface area contributed by atoms with Crippen LogP contribution in [0.15, 0.2) is 35.7 Å². The number of hydrogen-bond donors (Lipinski definition) is 2. The molecule has 0 aliphatic heterocycles. The summed E-state index contributed by atoms with van der Waals surface area (Å²) in [6.45, 7) is 6.03. The molecule has 3 N–H and O–H groups in total. The molecular formula is C20H24N2O4S. The second-order valence-corrected chi connectivity index (χ2v) is 8.10. The molecule has 0 atom stereocenters. The average Bonchev–Trinajstić information content (AvgIpc) is 3.06. The highest BCUT2D eigenvalue weighted by Crippen LogP contribution is 2.23. The zero-order chi connectivity index (χ0) is 20.0. The van der Waals surface area contributed by atoms with Gasteiger partial charge < -0.3 is 15.8 Å². The third-order valence-electron chi connectivity index (χ3n) is 3.99. The molecule has 27 heavy (non-hydrogen) atoms. The van der Waals surface area contributed by atoms with Crippen LogP contribution in [-0.4, -0.2) is 24.4 Å². The van der Waals surface area contributed by atoms with Crippen LogP contribution in [0.3, 0.4) is 0 Å². The van der Waals surface area contributed by atoms with Gasteiger partial charge in [0.1, 0.15) is 5.00 Å². The van der Waals surface area contributed by atoms with Gasteiger partial charge in [-0.25, -0.2) is 0 Å². The van der Waals surface area contributed by atoms with Crippen LogP contribution < -0.4 is 11.1 Å². The number of carbonyl (C=O) groups is 3. The number of esters is 1. The van der Waals surface area contributed by atoms with Gasteiger partial charge >= 0.3 is 5.97 Å². The normalized spacial score (nSPS) is 11.1. The summed E-state index contributed by atoms with van der Waals surface area (Å²) in [6, 6.07) is 9.65. The van der Waals surface area contributed by atoms with Crippen molar-refractivity contribution >= 4 is 34.1 Å². The fourth-order valence-electron chi connectivity index (χ4n) is 2.40. The molecule has 2 amide bonds. The monoisotopic (exact) mass is 388 g/mol. The molecule has 0 unspecified atom stereocenters. The first-order valence-corrected chi connectivity index (χ1v) is 9.47. The molecule has 2 aromatic rings. The number of hydrogen-bond acceptors (Lipinski definition) is 5. The molecule has 0 fully saturated rings. The van der Waals surface area contributed by atoms with E-state index in [-0.39, 0.29) is 17.4 Å². The van der Waals surface area contributed by atoms with Crippen LogP contribution in [0.2, 0.25) is 0 Å². The average molecular weight is 388 g/mol. The van der Waals surface area contributed by atoms with Crippen LogP contribution in [0.25, 0.3) is 0 Å². The summed E-state index contributed by atoms with van der Waals surface area (Å²) in [6.07, 6.45) is 0.731. The fourth-order valence-corrected chi connectivity index (χ4v) is 3.21. The molecule has 0 radical (unpaired) electrons. The quantitative estimate of drug-likeness (QED) is 0.711. The topological polar surface area (TPSA) is 98.5 Å². The van der Waals surface area contributed by atoms with E-state index in [1.807, 2.05) is 12.1 Å². The number of thiophene rings is 1. The van der Waals surface area contributed by atoms with Gasteiger partial charge in [0.2, 0.25) is 0 Å². The number of amides is 2. The van der Waals surface area contributed by atoms with Crippen molar-refractivity contribution in [3.8, 4) is 0 Å². The van der Waals surface area contributed by atoms with Gasteiger partial charge in [0, 0.05) is 6.42 Å². The van der Waals surface area contributed by atoms with Crippen LogP contribution in [0.1, 0.15) is 48.7 Å². The van der Waals surface area contributed by atoms with Crippen molar-refractivity contribution in [3.05, 3.63) is 52.4 Å². The molecule has 7 heteroatoms. The van der Waals surface area contributed by atoms with E-state index in [2.05, 4.69) is 38.2 Å². The Morgan fingerprint density at radius 1 is 1.11 bits per heavy atom. The standard InChI is InChI=1S/C20H24N2O4S/c1-20(2,3)14-7-4-13(5-8-14)6-9-17(24)26-12-16(23)22-19-15(18(21)25)10-11-27-19/h4-5,7-8,10-11H,6,9,12H2,1-3H3,(H2,21,25)(H,22,23). The van der Waals surface area contributed by atoms with Crippen LogP contribution in [0.5, 0.6) is 0 Å². The lowest BCUT2D eigenvalue weighted by Gasteiger charge is -2.19. The lowest BCUT2D eigenvalue weighted by molar-refractivity contribution is -0.147. The smallest absolute Gasteiger partial charge is 0.306 e. The molecule has 0 saturated heterocycles. The highest BCUT2D eigenvalue weighted by atomic mass is 32.1. The van der Waals surface area contributed by atoms with E-state index in [4.69, 9.17) is 10.5 Å². The van der Waals surface area contributed by atoms with Crippen molar-refractivity contribution < 1.29 is 19.1 Å². The summed E-state index contributed by atoms with van der Waals surface area (Å²) in [5.74, 6) is -1.59. The zero-order valence-corrected chi connectivity index (χ0v) is 16.5. The number of carbonyl (C=O) groups excluding carboxylic acids is 3. The molecule has 0 spiro atoms. The molecule has 0 bridgehead atoms. The summed E-state index contributed by atoms with van der Waals surface area (Å²) in [4.78, 5) is 34.9. The molecular weight excluding hydrogens is 364 g/mol. The third kappa shape index (κ3) is 6.21. The maximum absolute atomic E-state index is 11.9. The maximum atomic E-state index is 11.9. The minimum Gasteiger partial charge on any atom is -0.456 e. The number of nitrogens with one attached hydrogen (secondary N) is 1. The first-order valence-electron chi connectivity index (χ1n) is 8.59. The Morgan fingerprint density at radius 2 is 1.78 bits per heavy atom. The molecule has 1 aromatic carbocycles. The SMILES string of the molecule is CC(C)(C)c1ccc(CCC(=O)OCC(=O)Nc2sccc2C(N)=O)cc1. The molecule has 0 saturated carbocycles. The minimum absolute atomic E-state index is 0.0851. The molecule has 6 nitrogen and oxygen atoms in total. The van der Waals surface area contributed by atoms with Crippen LogP contribution in [-0.2, 0) is 26.2 Å². The third-order valence-corrected chi connectivity index (χ3v) is 4.82. The highest BCUT2D eigenvalue weighted by molar-refractivity contribution is 7.14. The molecule has 1 aromatic heterocycles. The molecule has 0 aliphatic carbocycles. The Morgan fingerprint density at radius 3 is 2.37 bits per heavy atom. The van der Waals surface area contributed by atoms with E-state index < -0.39 is 24.4 Å². The van der Waals surface area contributed by atoms with E-state index in [0.29, 0.717) is 11.4 Å². The zero-order valence-electron chi connectivity index (χ0n) is 15.7. The van der Waals surface area contributed by atoms with Gasteiger partial charge in [-0.3, -0.25) is 14.4 Å². The van der Waals surface area contributed by atoms with Gasteiger partial charge in [-0.1, -0.05) is 45.0 Å². The summed E-state index contributed by atoms with van der Waals surface area (Å²) < 4.78 is 4.99. The van der Waals surface area contributed by atoms with Crippen molar-refractivity contribution in [1.29, 1.82) is 0 Å². The van der Waals surface area contributed by atoms with E-state index in [1.54, 1.807) is 5.38 Å².